The molecule has 8 heteroatoms. The van der Waals surface area contributed by atoms with Crippen molar-refractivity contribution in [2.45, 2.75) is 19.7 Å². The summed E-state index contributed by atoms with van der Waals surface area (Å²) in [6.07, 6.45) is -4.60. The number of ether oxygens (including phenoxy) is 1. The Labute approximate surface area is 93.6 Å². The Morgan fingerprint density at radius 1 is 1.47 bits per heavy atom. The van der Waals surface area contributed by atoms with Crippen molar-refractivity contribution in [1.29, 1.82) is 0 Å². The van der Waals surface area contributed by atoms with E-state index in [0.29, 0.717) is 0 Å². The summed E-state index contributed by atoms with van der Waals surface area (Å²) >= 11 is 0. The molecule has 0 fully saturated rings. The zero-order chi connectivity index (χ0) is 13.1. The molecule has 0 amide bonds. The van der Waals surface area contributed by atoms with Gasteiger partial charge in [-0.3, -0.25) is 9.59 Å². The maximum Gasteiger partial charge on any atom is 0.451 e. The Hall–Kier alpha value is -1.99. The van der Waals surface area contributed by atoms with Crippen molar-refractivity contribution in [2.75, 3.05) is 0 Å². The van der Waals surface area contributed by atoms with Crippen LogP contribution in [0.4, 0.5) is 13.2 Å². The molecule has 0 unspecified atom stereocenters. The Morgan fingerprint density at radius 3 is 2.59 bits per heavy atom. The van der Waals surface area contributed by atoms with Crippen molar-refractivity contribution in [3.8, 4) is 0 Å². The summed E-state index contributed by atoms with van der Waals surface area (Å²) in [6.45, 7) is 0.661. The summed E-state index contributed by atoms with van der Waals surface area (Å²) in [5, 5.41) is 0. The van der Waals surface area contributed by atoms with Gasteiger partial charge in [-0.1, -0.05) is 0 Å². The number of carbonyl (C=O) groups excluding carboxylic acids is 2. The highest BCUT2D eigenvalue weighted by atomic mass is 19.4. The predicted molar refractivity (Wildman–Crippen MR) is 47.9 cm³/mol. The van der Waals surface area contributed by atoms with Gasteiger partial charge in [-0.25, -0.2) is 9.97 Å². The number of halogens is 3. The first-order valence-electron chi connectivity index (χ1n) is 4.36. The molecular formula is C9H7F3N2O3. The van der Waals surface area contributed by atoms with Crippen molar-refractivity contribution in [1.82, 2.24) is 9.97 Å². The van der Waals surface area contributed by atoms with Crippen LogP contribution in [0.3, 0.4) is 0 Å². The first-order valence-corrected chi connectivity index (χ1v) is 4.36. The van der Waals surface area contributed by atoms with E-state index < -0.39 is 30.3 Å². The molecule has 1 aromatic rings. The molecular weight excluding hydrogens is 241 g/mol. The number of aromatic nitrogens is 2. The quantitative estimate of drug-likeness (QED) is 0.596. The van der Waals surface area contributed by atoms with E-state index in [1.54, 1.807) is 0 Å². The van der Waals surface area contributed by atoms with Gasteiger partial charge in [-0.15, -0.1) is 0 Å². The van der Waals surface area contributed by atoms with E-state index in [9.17, 15) is 22.8 Å². The molecule has 0 aliphatic carbocycles. The average Bonchev–Trinajstić information content (AvgIpc) is 2.24. The van der Waals surface area contributed by atoms with Gasteiger partial charge in [0.2, 0.25) is 5.82 Å². The highest BCUT2D eigenvalue weighted by Gasteiger charge is 2.35. The standard InChI is InChI=1S/C9H7F3N2O3/c1-5(16)17-4-7-2-6(3-15)13-8(14-7)9(10,11)12/h2-3H,4H2,1H3. The van der Waals surface area contributed by atoms with Crippen molar-refractivity contribution in [3.63, 3.8) is 0 Å². The van der Waals surface area contributed by atoms with Crippen LogP contribution >= 0.6 is 0 Å². The van der Waals surface area contributed by atoms with Gasteiger partial charge in [0, 0.05) is 6.92 Å². The van der Waals surface area contributed by atoms with Crippen LogP contribution in [-0.2, 0) is 22.3 Å². The topological polar surface area (TPSA) is 69.2 Å². The van der Waals surface area contributed by atoms with Crippen molar-refractivity contribution in [3.05, 3.63) is 23.3 Å². The summed E-state index contributed by atoms with van der Waals surface area (Å²) in [7, 11) is 0. The highest BCUT2D eigenvalue weighted by Crippen LogP contribution is 2.26. The summed E-state index contributed by atoms with van der Waals surface area (Å²) < 4.78 is 41.5. The van der Waals surface area contributed by atoms with Crippen LogP contribution in [0.25, 0.3) is 0 Å². The maximum atomic E-state index is 12.3. The Balaban J connectivity index is 3.05. The van der Waals surface area contributed by atoms with Gasteiger partial charge in [0.15, 0.2) is 6.29 Å². The van der Waals surface area contributed by atoms with Crippen LogP contribution in [0.15, 0.2) is 6.07 Å². The van der Waals surface area contributed by atoms with E-state index in [0.717, 1.165) is 13.0 Å². The van der Waals surface area contributed by atoms with Crippen LogP contribution in [0, 0.1) is 0 Å². The van der Waals surface area contributed by atoms with E-state index in [-0.39, 0.29) is 12.0 Å². The predicted octanol–water partition coefficient (Wildman–Crippen LogP) is 1.37. The molecule has 0 aliphatic heterocycles. The largest absolute Gasteiger partial charge is 0.459 e. The van der Waals surface area contributed by atoms with Crippen LogP contribution in [0.5, 0.6) is 0 Å². The number of aldehydes is 1. The molecule has 1 rings (SSSR count). The van der Waals surface area contributed by atoms with E-state index >= 15 is 0 Å². The van der Waals surface area contributed by atoms with E-state index in [1.165, 1.54) is 0 Å². The summed E-state index contributed by atoms with van der Waals surface area (Å²) in [6, 6.07) is 1.02. The van der Waals surface area contributed by atoms with E-state index in [2.05, 4.69) is 14.7 Å². The minimum atomic E-state index is -4.76. The van der Waals surface area contributed by atoms with Crippen LogP contribution < -0.4 is 0 Å². The second-order valence-electron chi connectivity index (χ2n) is 3.00. The van der Waals surface area contributed by atoms with Crippen LogP contribution in [0.1, 0.15) is 28.9 Å². The van der Waals surface area contributed by atoms with Gasteiger partial charge in [-0.05, 0) is 6.07 Å². The molecule has 17 heavy (non-hydrogen) atoms. The lowest BCUT2D eigenvalue weighted by atomic mass is 10.3. The number of carbonyl (C=O) groups is 2. The zero-order valence-electron chi connectivity index (χ0n) is 8.61. The van der Waals surface area contributed by atoms with Gasteiger partial charge >= 0.3 is 12.1 Å². The lowest BCUT2D eigenvalue weighted by molar-refractivity contribution is -0.145. The van der Waals surface area contributed by atoms with E-state index in [4.69, 9.17) is 0 Å². The highest BCUT2D eigenvalue weighted by molar-refractivity contribution is 5.71. The number of nitrogens with zero attached hydrogens (tertiary/aromatic N) is 2. The fourth-order valence-electron chi connectivity index (χ4n) is 0.955. The summed E-state index contributed by atoms with van der Waals surface area (Å²) in [5.41, 5.74) is -0.612. The fraction of sp³-hybridized carbons (Fsp3) is 0.333. The molecule has 92 valence electrons. The number of hydrogen-bond donors (Lipinski definition) is 0. The minimum absolute atomic E-state index is 0.161. The Morgan fingerprint density at radius 2 is 2.12 bits per heavy atom. The summed E-state index contributed by atoms with van der Waals surface area (Å²) in [5.74, 6) is -2.10. The lowest BCUT2D eigenvalue weighted by Crippen LogP contribution is -2.15. The van der Waals surface area contributed by atoms with Gasteiger partial charge in [0.25, 0.3) is 0 Å². The van der Waals surface area contributed by atoms with Gasteiger partial charge in [0.1, 0.15) is 12.3 Å². The molecule has 0 N–H and O–H groups in total. The van der Waals surface area contributed by atoms with Gasteiger partial charge in [0.05, 0.1) is 5.69 Å². The molecule has 0 radical (unpaired) electrons. The number of esters is 1. The van der Waals surface area contributed by atoms with Crippen molar-refractivity contribution >= 4 is 12.3 Å². The molecule has 0 bridgehead atoms. The first kappa shape index (κ1) is 13.1. The van der Waals surface area contributed by atoms with Crippen LogP contribution in [-0.4, -0.2) is 22.2 Å². The molecule has 0 saturated carbocycles. The Kier molecular flexibility index (Phi) is 3.77. The molecule has 0 spiro atoms. The molecule has 1 aromatic heterocycles. The van der Waals surface area contributed by atoms with Gasteiger partial charge < -0.3 is 4.74 Å². The molecule has 0 atom stereocenters. The molecule has 0 aliphatic rings. The monoisotopic (exact) mass is 248 g/mol. The summed E-state index contributed by atoms with van der Waals surface area (Å²) in [4.78, 5) is 27.1. The number of rotatable bonds is 3. The smallest absolute Gasteiger partial charge is 0.451 e. The third-order valence-corrected chi connectivity index (χ3v) is 1.60. The molecule has 5 nitrogen and oxygen atoms in total. The second-order valence-corrected chi connectivity index (χ2v) is 3.00. The SMILES string of the molecule is CC(=O)OCc1cc(C=O)nc(C(F)(F)F)n1. The lowest BCUT2D eigenvalue weighted by Gasteiger charge is -2.07. The second kappa shape index (κ2) is 4.89. The average molecular weight is 248 g/mol. The number of hydrogen-bond acceptors (Lipinski definition) is 5. The Bertz CT molecular complexity index is 446. The maximum absolute atomic E-state index is 12.3. The van der Waals surface area contributed by atoms with Crippen molar-refractivity contribution < 1.29 is 27.5 Å². The molecule has 1 heterocycles. The first-order chi connectivity index (χ1) is 7.82. The molecule has 0 saturated heterocycles. The van der Waals surface area contributed by atoms with E-state index in [1.807, 2.05) is 0 Å². The third kappa shape index (κ3) is 3.82. The van der Waals surface area contributed by atoms with Crippen LogP contribution in [0.2, 0.25) is 0 Å². The normalized spacial score (nSPS) is 11.1. The molecule has 0 aromatic carbocycles. The number of alkyl halides is 3. The van der Waals surface area contributed by atoms with Gasteiger partial charge in [-0.2, -0.15) is 13.2 Å². The minimum Gasteiger partial charge on any atom is -0.459 e. The zero-order valence-corrected chi connectivity index (χ0v) is 8.61. The fourth-order valence-corrected chi connectivity index (χ4v) is 0.955. The van der Waals surface area contributed by atoms with Crippen molar-refractivity contribution in [2.24, 2.45) is 0 Å². The third-order valence-electron chi connectivity index (χ3n) is 1.60.